The first-order valence-electron chi connectivity index (χ1n) is 23.8. The average Bonchev–Trinajstić information content (AvgIpc) is 3.66. The van der Waals surface area contributed by atoms with Gasteiger partial charge in [-0.2, -0.15) is 13.5 Å². The van der Waals surface area contributed by atoms with Crippen LogP contribution in [0.4, 0.5) is 16.3 Å². The molecule has 4 aromatic carbocycles. The van der Waals surface area contributed by atoms with Gasteiger partial charge in [-0.25, -0.2) is 9.78 Å². The molecule has 0 spiro atoms. The number of aryl methyl sites for hydroxylation is 1. The normalized spacial score (nSPS) is 12.6. The Hall–Kier alpha value is -6.78. The molecule has 0 aliphatic heterocycles. The first kappa shape index (κ1) is 51.6. The minimum absolute atomic E-state index is 0.0475. The summed E-state index contributed by atoms with van der Waals surface area (Å²) in [6.45, 7) is 4.69. The Labute approximate surface area is 405 Å². The van der Waals surface area contributed by atoms with Gasteiger partial charge in [0.1, 0.15) is 12.6 Å². The Morgan fingerprint density at radius 3 is 2.01 bits per heavy atom. The van der Waals surface area contributed by atoms with Crippen molar-refractivity contribution >= 4 is 45.4 Å². The number of fused-ring (bicyclic) bond motifs is 3. The van der Waals surface area contributed by atoms with E-state index in [1.165, 1.54) is 42.1 Å². The van der Waals surface area contributed by atoms with Crippen molar-refractivity contribution in [2.75, 3.05) is 25.0 Å². The Kier molecular flexibility index (Phi) is 19.5. The van der Waals surface area contributed by atoms with Gasteiger partial charge in [-0.05, 0) is 95.3 Å². The van der Waals surface area contributed by atoms with Crippen molar-refractivity contribution in [3.63, 3.8) is 0 Å². The number of unbranched alkanes of at least 4 members (excludes halogenated alkanes) is 7. The van der Waals surface area contributed by atoms with Crippen LogP contribution in [0, 0.1) is 5.92 Å². The van der Waals surface area contributed by atoms with Gasteiger partial charge in [0.25, 0.3) is 16.0 Å². The van der Waals surface area contributed by atoms with E-state index in [2.05, 4.69) is 60.7 Å². The molecule has 0 bridgehead atoms. The lowest BCUT2D eigenvalue weighted by molar-refractivity contribution is -0.121. The first-order valence-corrected chi connectivity index (χ1v) is 25.2. The number of nitrogens with zero attached hydrogens (tertiary/aromatic N) is 3. The molecule has 1 aliphatic rings. The maximum atomic E-state index is 13.4. The van der Waals surface area contributed by atoms with E-state index >= 15 is 0 Å². The van der Waals surface area contributed by atoms with Crippen molar-refractivity contribution in [3.05, 3.63) is 143 Å². The average molecular weight is 958 g/mol. The maximum absolute atomic E-state index is 13.4. The minimum Gasteiger partial charge on any atom is -0.449 e. The Morgan fingerprint density at radius 2 is 1.36 bits per heavy atom. The van der Waals surface area contributed by atoms with E-state index in [0.29, 0.717) is 30.6 Å². The second-order valence-electron chi connectivity index (χ2n) is 17.7. The highest BCUT2D eigenvalue weighted by molar-refractivity contribution is 7.85. The zero-order valence-electron chi connectivity index (χ0n) is 39.4. The van der Waals surface area contributed by atoms with Crippen LogP contribution in [-0.4, -0.2) is 67.5 Å². The number of carbonyl (C=O) groups excluding carboxylic acids is 4. The predicted molar refractivity (Wildman–Crippen MR) is 266 cm³/mol. The van der Waals surface area contributed by atoms with E-state index in [9.17, 15) is 32.1 Å². The number of aromatic nitrogens is 1. The molecule has 0 saturated heterocycles. The molecule has 6 rings (SSSR count). The number of anilines is 1. The lowest BCUT2D eigenvalue weighted by Crippen LogP contribution is -2.45. The third kappa shape index (κ3) is 16.2. The van der Waals surface area contributed by atoms with Gasteiger partial charge >= 0.3 is 6.09 Å². The Balaban J connectivity index is 0.772. The van der Waals surface area contributed by atoms with Gasteiger partial charge in [0.2, 0.25) is 11.8 Å². The number of hydrogen-bond acceptors (Lipinski definition) is 10. The summed E-state index contributed by atoms with van der Waals surface area (Å²) in [5.74, 6) is -0.343. The largest absolute Gasteiger partial charge is 0.449 e. The number of pyridine rings is 1. The fraction of sp³-hybridized carbons (Fsp3) is 0.377. The molecule has 1 aromatic heterocycles. The molecule has 5 N–H and O–H groups in total. The van der Waals surface area contributed by atoms with Gasteiger partial charge in [-0.15, -0.1) is 5.11 Å². The summed E-state index contributed by atoms with van der Waals surface area (Å²) in [4.78, 5) is 55.1. The molecule has 0 saturated carbocycles. The maximum Gasteiger partial charge on any atom is 0.407 e. The van der Waals surface area contributed by atoms with Gasteiger partial charge in [0, 0.05) is 37.3 Å². The highest BCUT2D eigenvalue weighted by atomic mass is 32.2. The molecule has 15 nitrogen and oxygen atoms in total. The number of nitrogens with one attached hydrogen (secondary N) is 4. The number of ether oxygens (including phenoxy) is 1. The molecule has 364 valence electrons. The SMILES string of the molecule is CC(C)C[C@H](NC(=O)OCC1c2ccccc2-c2ccccc21)C(=O)Nc1ccc(CCCCCCCCCCC(=O)NCCNC(=O)c2ccc(N=NCc3ccccc3S(=O)(=O)O)nc2)cc1. The van der Waals surface area contributed by atoms with Crippen LogP contribution < -0.4 is 21.3 Å². The summed E-state index contributed by atoms with van der Waals surface area (Å²) in [7, 11) is -4.39. The number of benzene rings is 4. The molecule has 0 fully saturated rings. The number of alkyl carbamates (subject to hydrolysis) is 1. The van der Waals surface area contributed by atoms with Crippen molar-refractivity contribution < 1.29 is 36.9 Å². The summed E-state index contributed by atoms with van der Waals surface area (Å²) < 4.78 is 38.2. The van der Waals surface area contributed by atoms with Crippen molar-refractivity contribution in [2.45, 2.75) is 108 Å². The summed E-state index contributed by atoms with van der Waals surface area (Å²) in [6.07, 6.45) is 11.1. The highest BCUT2D eigenvalue weighted by Gasteiger charge is 2.30. The van der Waals surface area contributed by atoms with Gasteiger partial charge in [0.15, 0.2) is 5.82 Å². The van der Waals surface area contributed by atoms with Crippen molar-refractivity contribution in [3.8, 4) is 11.1 Å². The molecule has 0 unspecified atom stereocenters. The monoisotopic (exact) mass is 957 g/mol. The Morgan fingerprint density at radius 1 is 0.739 bits per heavy atom. The van der Waals surface area contributed by atoms with Gasteiger partial charge in [-0.3, -0.25) is 18.9 Å². The molecule has 1 heterocycles. The van der Waals surface area contributed by atoms with Crippen molar-refractivity contribution in [1.29, 1.82) is 0 Å². The van der Waals surface area contributed by atoms with E-state index in [-0.39, 0.29) is 65.5 Å². The van der Waals surface area contributed by atoms with Crippen LogP contribution in [-0.2, 0) is 37.4 Å². The number of azo groups is 1. The molecular weight excluding hydrogens is 895 g/mol. The fourth-order valence-corrected chi connectivity index (χ4v) is 9.08. The second-order valence-corrected chi connectivity index (χ2v) is 19.0. The van der Waals surface area contributed by atoms with E-state index in [4.69, 9.17) is 4.74 Å². The van der Waals surface area contributed by atoms with Gasteiger partial charge in [0.05, 0.1) is 17.0 Å². The van der Waals surface area contributed by atoms with E-state index < -0.39 is 22.3 Å². The standard InChI is InChI=1S/C53H63N7O8S/c1-37(2)33-47(59-53(64)68-36-46-44-21-14-12-19-42(44)43-20-13-15-22-45(43)46)52(63)58-41-28-25-38(26-29-41)17-9-7-5-3-4-6-8-10-24-50(61)54-31-32-55-51(62)40-27-30-49(56-34-40)60-57-35-39-18-11-16-23-48(39)69(65,66)67/h11-16,18-23,25-30,34,37,46-47H,3-10,17,24,31-33,35-36H2,1-2H3,(H,54,61)(H,55,62)(H,58,63)(H,59,64)(H,65,66,67)/t47-/m0/s1. The molecule has 4 amide bonds. The van der Waals surface area contributed by atoms with E-state index in [1.54, 1.807) is 6.07 Å². The number of amides is 4. The minimum atomic E-state index is -4.39. The summed E-state index contributed by atoms with van der Waals surface area (Å²) in [5, 5.41) is 19.3. The second kappa shape index (κ2) is 26.1. The van der Waals surface area contributed by atoms with Crippen LogP contribution >= 0.6 is 0 Å². The van der Waals surface area contributed by atoms with Crippen LogP contribution in [0.5, 0.6) is 0 Å². The summed E-state index contributed by atoms with van der Waals surface area (Å²) in [6, 6.07) is 32.5. The lowest BCUT2D eigenvalue weighted by Gasteiger charge is -2.21. The highest BCUT2D eigenvalue weighted by Crippen LogP contribution is 2.44. The molecule has 1 aliphatic carbocycles. The predicted octanol–water partition coefficient (Wildman–Crippen LogP) is 10.1. The van der Waals surface area contributed by atoms with Crippen LogP contribution in [0.1, 0.15) is 117 Å². The quantitative estimate of drug-likeness (QED) is 0.0202. The molecule has 69 heavy (non-hydrogen) atoms. The van der Waals surface area contributed by atoms with Crippen LogP contribution in [0.25, 0.3) is 11.1 Å². The zero-order valence-corrected chi connectivity index (χ0v) is 40.2. The van der Waals surface area contributed by atoms with Crippen molar-refractivity contribution in [1.82, 2.24) is 20.9 Å². The molecule has 16 heteroatoms. The fourth-order valence-electron chi connectivity index (χ4n) is 8.36. The third-order valence-electron chi connectivity index (χ3n) is 11.9. The number of rotatable bonds is 26. The molecular formula is C53H63N7O8S. The van der Waals surface area contributed by atoms with Crippen LogP contribution in [0.2, 0.25) is 0 Å². The summed E-state index contributed by atoms with van der Waals surface area (Å²) in [5.41, 5.74) is 7.05. The summed E-state index contributed by atoms with van der Waals surface area (Å²) >= 11 is 0. The topological polar surface area (TPSA) is 218 Å². The van der Waals surface area contributed by atoms with Crippen LogP contribution in [0.15, 0.2) is 131 Å². The van der Waals surface area contributed by atoms with Gasteiger partial charge in [-0.1, -0.05) is 131 Å². The van der Waals surface area contributed by atoms with E-state index in [0.717, 1.165) is 80.0 Å². The van der Waals surface area contributed by atoms with Gasteiger partial charge < -0.3 is 26.0 Å². The number of hydrogen-bond donors (Lipinski definition) is 5. The van der Waals surface area contributed by atoms with Crippen molar-refractivity contribution in [2.24, 2.45) is 16.1 Å². The van der Waals surface area contributed by atoms with Crippen LogP contribution in [0.3, 0.4) is 0 Å². The zero-order chi connectivity index (χ0) is 49.0. The van der Waals surface area contributed by atoms with E-state index in [1.807, 2.05) is 62.4 Å². The lowest BCUT2D eigenvalue weighted by atomic mass is 9.98. The molecule has 1 atom stereocenters. The smallest absolute Gasteiger partial charge is 0.407 e. The Bertz CT molecular complexity index is 2590. The molecule has 0 radical (unpaired) electrons. The molecule has 5 aromatic rings. The third-order valence-corrected chi connectivity index (χ3v) is 12.9. The number of carbonyl (C=O) groups is 4. The first-order chi connectivity index (χ1) is 33.4.